The fraction of sp³-hybridized carbons (Fsp3) is 0.474. The van der Waals surface area contributed by atoms with Crippen LogP contribution in [0, 0.1) is 0 Å². The molecule has 5 nitrogen and oxygen atoms in total. The van der Waals surface area contributed by atoms with Gasteiger partial charge in [0, 0.05) is 17.7 Å². The SMILES string of the molecule is CC(N)(C(=O)Nc1cc(C2CCCCCC2)[nH]n1)c1ccccc1.Cl. The first kappa shape index (κ1) is 19.5. The molecule has 0 aliphatic heterocycles. The second-order valence-corrected chi connectivity index (χ2v) is 6.92. The lowest BCUT2D eigenvalue weighted by atomic mass is 9.92. The molecule has 1 fully saturated rings. The molecular weight excluding hydrogens is 336 g/mol. The van der Waals surface area contributed by atoms with E-state index in [1.807, 2.05) is 36.4 Å². The number of nitrogens with two attached hydrogens (primary N) is 1. The van der Waals surface area contributed by atoms with Crippen LogP contribution >= 0.6 is 12.4 Å². The predicted octanol–water partition coefficient (Wildman–Crippen LogP) is 4.08. The van der Waals surface area contributed by atoms with Crippen molar-refractivity contribution in [3.63, 3.8) is 0 Å². The van der Waals surface area contributed by atoms with Crippen LogP contribution in [0.15, 0.2) is 36.4 Å². The van der Waals surface area contributed by atoms with E-state index < -0.39 is 5.54 Å². The van der Waals surface area contributed by atoms with Gasteiger partial charge in [0.25, 0.3) is 0 Å². The number of aromatic amines is 1. The fourth-order valence-corrected chi connectivity index (χ4v) is 3.36. The lowest BCUT2D eigenvalue weighted by Crippen LogP contribution is -2.45. The topological polar surface area (TPSA) is 83.8 Å². The van der Waals surface area contributed by atoms with E-state index in [2.05, 4.69) is 15.5 Å². The molecule has 1 aromatic carbocycles. The normalized spacial score (nSPS) is 17.8. The van der Waals surface area contributed by atoms with Gasteiger partial charge in [-0.1, -0.05) is 56.0 Å². The van der Waals surface area contributed by atoms with Gasteiger partial charge in [-0.05, 0) is 25.3 Å². The molecule has 1 atom stereocenters. The second kappa shape index (κ2) is 8.50. The van der Waals surface area contributed by atoms with Gasteiger partial charge in [-0.15, -0.1) is 12.4 Å². The number of anilines is 1. The molecule has 0 bridgehead atoms. The summed E-state index contributed by atoms with van der Waals surface area (Å²) in [6.07, 6.45) is 7.54. The van der Waals surface area contributed by atoms with Gasteiger partial charge >= 0.3 is 0 Å². The number of hydrogen-bond acceptors (Lipinski definition) is 3. The third-order valence-corrected chi connectivity index (χ3v) is 4.98. The summed E-state index contributed by atoms with van der Waals surface area (Å²) >= 11 is 0. The molecule has 1 amide bonds. The van der Waals surface area contributed by atoms with Gasteiger partial charge in [-0.3, -0.25) is 9.89 Å². The van der Waals surface area contributed by atoms with E-state index >= 15 is 0 Å². The van der Waals surface area contributed by atoms with Gasteiger partial charge < -0.3 is 11.1 Å². The zero-order valence-corrected chi connectivity index (χ0v) is 15.4. The molecule has 2 aromatic rings. The van der Waals surface area contributed by atoms with E-state index in [0.717, 1.165) is 11.3 Å². The number of aromatic nitrogens is 2. The summed E-state index contributed by atoms with van der Waals surface area (Å²) in [4.78, 5) is 12.6. The van der Waals surface area contributed by atoms with Crippen LogP contribution in [0.2, 0.25) is 0 Å². The van der Waals surface area contributed by atoms with Crippen molar-refractivity contribution >= 4 is 24.1 Å². The van der Waals surface area contributed by atoms with Gasteiger partial charge in [0.1, 0.15) is 5.54 Å². The third kappa shape index (κ3) is 4.61. The minimum atomic E-state index is -1.09. The summed E-state index contributed by atoms with van der Waals surface area (Å²) in [6, 6.07) is 11.3. The van der Waals surface area contributed by atoms with Gasteiger partial charge in [0.05, 0.1) is 0 Å². The van der Waals surface area contributed by atoms with E-state index in [9.17, 15) is 4.79 Å². The monoisotopic (exact) mass is 362 g/mol. The second-order valence-electron chi connectivity index (χ2n) is 6.92. The Morgan fingerprint density at radius 3 is 2.48 bits per heavy atom. The zero-order chi connectivity index (χ0) is 17.0. The molecule has 1 aromatic heterocycles. The molecule has 0 saturated heterocycles. The summed E-state index contributed by atoms with van der Waals surface area (Å²) in [7, 11) is 0. The zero-order valence-electron chi connectivity index (χ0n) is 14.6. The molecule has 6 heteroatoms. The first-order chi connectivity index (χ1) is 11.6. The number of benzene rings is 1. The molecule has 25 heavy (non-hydrogen) atoms. The molecule has 1 aliphatic carbocycles. The molecule has 0 radical (unpaired) electrons. The third-order valence-electron chi connectivity index (χ3n) is 4.98. The number of nitrogens with one attached hydrogen (secondary N) is 2. The van der Waals surface area contributed by atoms with Gasteiger partial charge in [-0.2, -0.15) is 5.10 Å². The average molecular weight is 363 g/mol. The quantitative estimate of drug-likeness (QED) is 0.716. The number of hydrogen-bond donors (Lipinski definition) is 3. The molecule has 136 valence electrons. The Morgan fingerprint density at radius 2 is 1.84 bits per heavy atom. The van der Waals surface area contributed by atoms with Crippen molar-refractivity contribution in [2.24, 2.45) is 5.73 Å². The number of rotatable bonds is 4. The number of halogens is 1. The van der Waals surface area contributed by atoms with Gasteiger partial charge in [0.15, 0.2) is 5.82 Å². The standard InChI is InChI=1S/C19H26N4O.ClH/c1-19(20,15-11-7-4-8-12-15)18(24)21-17-13-16(22-23-17)14-9-5-2-3-6-10-14;/h4,7-8,11-14H,2-3,5-6,9-10,20H2,1H3,(H2,21,22,23,24);1H. The largest absolute Gasteiger partial charge is 0.314 e. The van der Waals surface area contributed by atoms with Gasteiger partial charge in [-0.25, -0.2) is 0 Å². The van der Waals surface area contributed by atoms with E-state index in [-0.39, 0.29) is 18.3 Å². The molecule has 3 rings (SSSR count). The Balaban J connectivity index is 0.00000225. The summed E-state index contributed by atoms with van der Waals surface area (Å²) in [5, 5.41) is 10.2. The molecule has 1 saturated carbocycles. The van der Waals surface area contributed by atoms with Gasteiger partial charge in [0.2, 0.25) is 5.91 Å². The minimum absolute atomic E-state index is 0. The van der Waals surface area contributed by atoms with Crippen LogP contribution in [0.5, 0.6) is 0 Å². The maximum absolute atomic E-state index is 12.6. The molecular formula is C19H27ClN4O. The number of H-pyrrole nitrogens is 1. The lowest BCUT2D eigenvalue weighted by Gasteiger charge is -2.23. The van der Waals surface area contributed by atoms with Crippen LogP contribution in [0.25, 0.3) is 0 Å². The van der Waals surface area contributed by atoms with E-state index in [4.69, 9.17) is 5.73 Å². The first-order valence-corrected chi connectivity index (χ1v) is 8.78. The Morgan fingerprint density at radius 1 is 1.20 bits per heavy atom. The Labute approximate surface area is 155 Å². The highest BCUT2D eigenvalue weighted by atomic mass is 35.5. The summed E-state index contributed by atoms with van der Waals surface area (Å²) < 4.78 is 0. The van der Waals surface area contributed by atoms with E-state index in [0.29, 0.717) is 11.7 Å². The van der Waals surface area contributed by atoms with Crippen molar-refractivity contribution in [1.29, 1.82) is 0 Å². The van der Waals surface area contributed by atoms with Crippen molar-refractivity contribution in [2.75, 3.05) is 5.32 Å². The van der Waals surface area contributed by atoms with Crippen molar-refractivity contribution < 1.29 is 4.79 Å². The van der Waals surface area contributed by atoms with E-state index in [1.54, 1.807) is 6.92 Å². The summed E-state index contributed by atoms with van der Waals surface area (Å²) in [6.45, 7) is 1.72. The van der Waals surface area contributed by atoms with Crippen molar-refractivity contribution in [1.82, 2.24) is 10.2 Å². The Bertz CT molecular complexity index is 676. The molecule has 1 heterocycles. The molecule has 4 N–H and O–H groups in total. The highest BCUT2D eigenvalue weighted by Crippen LogP contribution is 2.31. The number of carbonyl (C=O) groups excluding carboxylic acids is 1. The fourth-order valence-electron chi connectivity index (χ4n) is 3.36. The van der Waals surface area contributed by atoms with E-state index in [1.165, 1.54) is 38.5 Å². The minimum Gasteiger partial charge on any atom is -0.314 e. The number of carbonyl (C=O) groups is 1. The van der Waals surface area contributed by atoms with Crippen LogP contribution in [0.1, 0.15) is 62.6 Å². The van der Waals surface area contributed by atoms with Crippen LogP contribution in [0.3, 0.4) is 0 Å². The van der Waals surface area contributed by atoms with Crippen molar-refractivity contribution in [3.05, 3.63) is 47.7 Å². The predicted molar refractivity (Wildman–Crippen MR) is 103 cm³/mol. The molecule has 1 aliphatic rings. The van der Waals surface area contributed by atoms with Crippen molar-refractivity contribution in [2.45, 2.75) is 56.9 Å². The van der Waals surface area contributed by atoms with Crippen LogP contribution in [0.4, 0.5) is 5.82 Å². The lowest BCUT2D eigenvalue weighted by molar-refractivity contribution is -0.120. The molecule has 1 unspecified atom stereocenters. The maximum Gasteiger partial charge on any atom is 0.249 e. The Hall–Kier alpha value is -1.85. The van der Waals surface area contributed by atoms with Crippen LogP contribution < -0.4 is 11.1 Å². The smallest absolute Gasteiger partial charge is 0.249 e. The first-order valence-electron chi connectivity index (χ1n) is 8.78. The summed E-state index contributed by atoms with van der Waals surface area (Å²) in [5.41, 5.74) is 7.05. The average Bonchev–Trinajstić information content (AvgIpc) is 2.88. The molecule has 0 spiro atoms. The maximum atomic E-state index is 12.6. The highest BCUT2D eigenvalue weighted by Gasteiger charge is 2.31. The summed E-state index contributed by atoms with van der Waals surface area (Å²) in [5.74, 6) is 0.809. The highest BCUT2D eigenvalue weighted by molar-refractivity contribution is 5.97. The Kier molecular flexibility index (Phi) is 6.62. The van der Waals surface area contributed by atoms with Crippen molar-refractivity contribution in [3.8, 4) is 0 Å². The number of amides is 1. The number of nitrogens with zero attached hydrogens (tertiary/aromatic N) is 1. The van der Waals surface area contributed by atoms with Crippen LogP contribution in [-0.2, 0) is 10.3 Å². The van der Waals surface area contributed by atoms with Crippen LogP contribution in [-0.4, -0.2) is 16.1 Å².